The predicted octanol–water partition coefficient (Wildman–Crippen LogP) is 0.558. The van der Waals surface area contributed by atoms with E-state index in [2.05, 4.69) is 62.5 Å². The van der Waals surface area contributed by atoms with Crippen LogP contribution in [0.1, 0.15) is 88.5 Å². The molecule has 2 aromatic heterocycles. The number of amides is 9. The zero-order valence-corrected chi connectivity index (χ0v) is 44.9. The first kappa shape index (κ1) is 59.7. The highest BCUT2D eigenvalue weighted by atomic mass is 35.5. The smallest absolute Gasteiger partial charge is 0.243 e. The largest absolute Gasteiger partial charge is 0.370 e. The van der Waals surface area contributed by atoms with Crippen LogP contribution in [0.3, 0.4) is 0 Å². The Kier molecular flexibility index (Phi) is 22.1. The molecule has 1 aliphatic rings. The van der Waals surface area contributed by atoms with Gasteiger partial charge in [-0.1, -0.05) is 86.0 Å². The molecule has 1 aliphatic heterocycles. The highest BCUT2D eigenvalue weighted by molar-refractivity contribution is 6.35. The number of nitrogens with zero attached hydrogens (tertiary/aromatic N) is 2. The van der Waals surface area contributed by atoms with E-state index in [1.54, 1.807) is 30.5 Å². The van der Waals surface area contributed by atoms with E-state index in [0.29, 0.717) is 45.6 Å². The molecule has 0 spiro atoms. The fourth-order valence-electron chi connectivity index (χ4n) is 9.19. The van der Waals surface area contributed by atoms with Crippen molar-refractivity contribution in [2.45, 2.75) is 133 Å². The molecule has 1 saturated heterocycles. The van der Waals surface area contributed by atoms with Gasteiger partial charge >= 0.3 is 0 Å². The van der Waals surface area contributed by atoms with Crippen LogP contribution in [0.2, 0.25) is 5.02 Å². The predicted molar refractivity (Wildman–Crippen MR) is 296 cm³/mol. The Hall–Kier alpha value is -8.54. The number of aromatic amines is 2. The molecule has 9 amide bonds. The Balaban J connectivity index is 1.41. The number of aromatic nitrogens is 3. The molecular weight excluding hydrogens is 1040 g/mol. The maximum absolute atomic E-state index is 15.0. The van der Waals surface area contributed by atoms with Crippen LogP contribution in [-0.4, -0.2) is 129 Å². The molecule has 16 N–H and O–H groups in total. The minimum atomic E-state index is -1.59. The molecule has 0 saturated carbocycles. The first-order chi connectivity index (χ1) is 37.9. The summed E-state index contributed by atoms with van der Waals surface area (Å²) in [5.74, 6) is -7.26. The number of carbonyl (C=O) groups is 9. The number of hydrogen-bond acceptors (Lipinski definition) is 11. The van der Waals surface area contributed by atoms with Crippen LogP contribution in [0.25, 0.3) is 21.7 Å². The quantitative estimate of drug-likeness (QED) is 0.0345. The van der Waals surface area contributed by atoms with Crippen molar-refractivity contribution >= 4 is 92.4 Å². The number of guanidine groups is 1. The van der Waals surface area contributed by atoms with Crippen molar-refractivity contribution in [1.29, 1.82) is 0 Å². The van der Waals surface area contributed by atoms with Crippen molar-refractivity contribution < 1.29 is 43.2 Å². The van der Waals surface area contributed by atoms with E-state index in [1.807, 2.05) is 43.3 Å². The number of H-pyrrole nitrogens is 2. The van der Waals surface area contributed by atoms with E-state index in [-0.39, 0.29) is 76.8 Å². The van der Waals surface area contributed by atoms with E-state index in [1.165, 1.54) is 19.4 Å². The number of unbranched alkanes of at least 4 members (excludes halogenated alkanes) is 1. The Labute approximate surface area is 461 Å². The van der Waals surface area contributed by atoms with Crippen LogP contribution in [0, 0.1) is 0 Å². The molecule has 0 radical (unpaired) electrons. The minimum absolute atomic E-state index is 0.0184. The standard InChI is InChI=1S/C54H70ClN15O9/c1-3-4-15-39(64-30(2)71)48(74)70-44-26-45(72)60-20-8-7-16-38(47(56)73)65-51(77)42(24-34-27-62-46-36(34)13-9-14-37(46)55)68-49(75)40(17-10-21-61-54(57)58)66-50(76)41(23-31-18-19-32-11-5-6-12-33(32)22-31)67-52(78)43(69-53(44)79)25-35-28-59-29-63-35/h5-6,9,11-14,18-19,22,27-29,38-44,62H,3-4,7-8,10,15-17,20-21,23-26H2,1-2H3,(H2,56,73)(H,59,63)(H,60,72)(H,64,71)(H,65,77)(H,66,76)(H,67,78)(H,68,75)(H,69,79)(H,70,74)(H4,57,58,61)/t38-,39-,40-,41+,42-,43-,44-/m0/s1. The summed E-state index contributed by atoms with van der Waals surface area (Å²) in [7, 11) is 0. The van der Waals surface area contributed by atoms with Gasteiger partial charge in [0.25, 0.3) is 0 Å². The number of nitrogens with two attached hydrogens (primary N) is 3. The maximum Gasteiger partial charge on any atom is 0.243 e. The molecule has 5 aromatic rings. The molecule has 25 heteroatoms. The second-order valence-corrected chi connectivity index (χ2v) is 19.9. The summed E-state index contributed by atoms with van der Waals surface area (Å²) in [5.41, 5.74) is 19.2. The molecule has 422 valence electrons. The van der Waals surface area contributed by atoms with Crippen molar-refractivity contribution in [3.63, 3.8) is 0 Å². The topological polar surface area (TPSA) is 385 Å². The lowest BCUT2D eigenvalue weighted by Gasteiger charge is -2.28. The number of nitrogens with one attached hydrogen (secondary N) is 10. The normalized spacial score (nSPS) is 20.8. The fourth-order valence-corrected chi connectivity index (χ4v) is 9.42. The molecule has 79 heavy (non-hydrogen) atoms. The summed E-state index contributed by atoms with van der Waals surface area (Å²) in [5, 5.41) is 24.5. The van der Waals surface area contributed by atoms with Gasteiger partial charge in [0.2, 0.25) is 53.2 Å². The molecular formula is C54H70ClN15O9. The fraction of sp³-hybridized carbons (Fsp3) is 0.426. The van der Waals surface area contributed by atoms with E-state index in [0.717, 1.165) is 10.8 Å². The number of carbonyl (C=O) groups excluding carboxylic acids is 9. The van der Waals surface area contributed by atoms with Crippen LogP contribution < -0.4 is 59.7 Å². The maximum atomic E-state index is 15.0. The monoisotopic (exact) mass is 1110 g/mol. The van der Waals surface area contributed by atoms with Crippen LogP contribution in [0.15, 0.2) is 84.4 Å². The second-order valence-electron chi connectivity index (χ2n) is 19.5. The molecule has 6 rings (SSSR count). The lowest BCUT2D eigenvalue weighted by Crippen LogP contribution is -2.61. The van der Waals surface area contributed by atoms with Gasteiger partial charge in [-0.15, -0.1) is 0 Å². The average Bonchev–Trinajstić information content (AvgIpc) is 4.15. The molecule has 0 bridgehead atoms. The van der Waals surface area contributed by atoms with Crippen molar-refractivity contribution in [3.05, 3.63) is 101 Å². The summed E-state index contributed by atoms with van der Waals surface area (Å²) in [4.78, 5) is 140. The van der Waals surface area contributed by atoms with E-state index in [4.69, 9.17) is 28.8 Å². The first-order valence-corrected chi connectivity index (χ1v) is 26.7. The van der Waals surface area contributed by atoms with Gasteiger partial charge in [0, 0.05) is 62.7 Å². The van der Waals surface area contributed by atoms with Gasteiger partial charge in [0.15, 0.2) is 5.96 Å². The van der Waals surface area contributed by atoms with Crippen molar-refractivity contribution in [1.82, 2.24) is 57.5 Å². The van der Waals surface area contributed by atoms with Gasteiger partial charge < -0.3 is 69.7 Å². The Morgan fingerprint density at radius 1 is 0.772 bits per heavy atom. The molecule has 3 aromatic carbocycles. The molecule has 3 heterocycles. The summed E-state index contributed by atoms with van der Waals surface area (Å²) in [6.07, 6.45) is 5.40. The summed E-state index contributed by atoms with van der Waals surface area (Å²) < 4.78 is 0. The van der Waals surface area contributed by atoms with Gasteiger partial charge in [0.05, 0.1) is 23.3 Å². The third-order valence-electron chi connectivity index (χ3n) is 13.3. The third-order valence-corrected chi connectivity index (χ3v) is 13.7. The number of halogens is 1. The number of rotatable bonds is 17. The minimum Gasteiger partial charge on any atom is -0.370 e. The van der Waals surface area contributed by atoms with Crippen molar-refractivity contribution in [2.75, 3.05) is 13.1 Å². The molecule has 7 atom stereocenters. The number of para-hydroxylation sites is 1. The van der Waals surface area contributed by atoms with E-state index >= 15 is 0 Å². The summed E-state index contributed by atoms with van der Waals surface area (Å²) in [6.45, 7) is 3.22. The van der Waals surface area contributed by atoms with Crippen LogP contribution in [0.5, 0.6) is 0 Å². The third kappa shape index (κ3) is 18.0. The molecule has 0 aliphatic carbocycles. The van der Waals surface area contributed by atoms with Gasteiger partial charge in [-0.25, -0.2) is 4.98 Å². The Bertz CT molecular complexity index is 3000. The van der Waals surface area contributed by atoms with Gasteiger partial charge in [-0.05, 0) is 66.5 Å². The van der Waals surface area contributed by atoms with Crippen LogP contribution in [-0.2, 0) is 62.4 Å². The number of aliphatic imine (C=N–C) groups is 1. The lowest BCUT2D eigenvalue weighted by atomic mass is 9.99. The summed E-state index contributed by atoms with van der Waals surface area (Å²) >= 11 is 6.49. The number of primary amides is 1. The second kappa shape index (κ2) is 29.3. The highest BCUT2D eigenvalue weighted by Crippen LogP contribution is 2.26. The SMILES string of the molecule is CCCC[C@H](NC(C)=O)C(=O)N[C@H]1CC(=O)NCCCC[C@@H](C(N)=O)NC(=O)[C@H](Cc2c[nH]c3c(Cl)cccc23)NC(=O)[C@H](CCCN=C(N)N)NC(=O)[C@@H](Cc2ccc3ccccc3c2)NC(=O)[C@H](Cc2cnc[nH]2)NC1=O. The zero-order valence-electron chi connectivity index (χ0n) is 44.1. The number of imidazole rings is 1. The zero-order chi connectivity index (χ0) is 57.0. The number of fused-ring (bicyclic) bond motifs is 2. The van der Waals surface area contributed by atoms with Crippen LogP contribution >= 0.6 is 11.6 Å². The molecule has 0 unspecified atom stereocenters. The van der Waals surface area contributed by atoms with Gasteiger partial charge in [0.1, 0.15) is 42.3 Å². The highest BCUT2D eigenvalue weighted by Gasteiger charge is 2.35. The Morgan fingerprint density at radius 2 is 1.46 bits per heavy atom. The first-order valence-electron chi connectivity index (χ1n) is 26.3. The van der Waals surface area contributed by atoms with E-state index < -0.39 is 102 Å². The molecule has 1 fully saturated rings. The van der Waals surface area contributed by atoms with Gasteiger partial charge in [-0.3, -0.25) is 48.1 Å². The van der Waals surface area contributed by atoms with Crippen molar-refractivity contribution in [3.8, 4) is 0 Å². The van der Waals surface area contributed by atoms with Gasteiger partial charge in [-0.2, -0.15) is 0 Å². The van der Waals surface area contributed by atoms with E-state index in [9.17, 15) is 43.2 Å². The Morgan fingerprint density at radius 3 is 2.15 bits per heavy atom. The lowest BCUT2D eigenvalue weighted by molar-refractivity contribution is -0.136. The number of hydrogen-bond donors (Lipinski definition) is 13. The average molecular weight is 1110 g/mol. The summed E-state index contributed by atoms with van der Waals surface area (Å²) in [6, 6.07) is 8.58. The number of benzene rings is 3. The van der Waals surface area contributed by atoms with Crippen LogP contribution in [0.4, 0.5) is 0 Å². The van der Waals surface area contributed by atoms with Crippen molar-refractivity contribution in [2.24, 2.45) is 22.2 Å². The molecule has 24 nitrogen and oxygen atoms in total.